The maximum absolute atomic E-state index is 11.9. The SMILES string of the molecule is N.Nc1ccc(CC(=O)N2CCCC2)c(N)c1. The van der Waals surface area contributed by atoms with Crippen molar-refractivity contribution >= 4 is 17.3 Å². The highest BCUT2D eigenvalue weighted by molar-refractivity contribution is 5.81. The Labute approximate surface area is 101 Å². The maximum atomic E-state index is 11.9. The predicted octanol–water partition coefficient (Wildman–Crippen LogP) is 1.18. The quantitative estimate of drug-likeness (QED) is 0.670. The molecule has 0 spiro atoms. The fraction of sp³-hybridized carbons (Fsp3) is 0.417. The lowest BCUT2D eigenvalue weighted by molar-refractivity contribution is -0.129. The van der Waals surface area contributed by atoms with E-state index < -0.39 is 0 Å². The van der Waals surface area contributed by atoms with Gasteiger partial charge >= 0.3 is 0 Å². The van der Waals surface area contributed by atoms with E-state index in [4.69, 9.17) is 11.5 Å². The van der Waals surface area contributed by atoms with Crippen molar-refractivity contribution in [3.8, 4) is 0 Å². The third kappa shape index (κ3) is 3.10. The van der Waals surface area contributed by atoms with Crippen LogP contribution in [-0.2, 0) is 11.2 Å². The lowest BCUT2D eigenvalue weighted by Crippen LogP contribution is -2.29. The average Bonchev–Trinajstić information content (AvgIpc) is 2.75. The molecule has 1 amide bonds. The molecule has 1 fully saturated rings. The average molecular weight is 236 g/mol. The third-order valence-electron chi connectivity index (χ3n) is 2.97. The van der Waals surface area contributed by atoms with Gasteiger partial charge in [-0.05, 0) is 30.5 Å². The maximum Gasteiger partial charge on any atom is 0.227 e. The minimum atomic E-state index is 0. The first-order chi connectivity index (χ1) is 7.66. The van der Waals surface area contributed by atoms with Gasteiger partial charge in [-0.15, -0.1) is 0 Å². The van der Waals surface area contributed by atoms with E-state index in [1.165, 1.54) is 0 Å². The van der Waals surface area contributed by atoms with Gasteiger partial charge in [-0.25, -0.2) is 0 Å². The largest absolute Gasteiger partial charge is 0.399 e. The van der Waals surface area contributed by atoms with Crippen molar-refractivity contribution in [3.63, 3.8) is 0 Å². The smallest absolute Gasteiger partial charge is 0.227 e. The summed E-state index contributed by atoms with van der Waals surface area (Å²) in [7, 11) is 0. The highest BCUT2D eigenvalue weighted by Gasteiger charge is 2.18. The normalized spacial score (nSPS) is 14.5. The van der Waals surface area contributed by atoms with Crippen LogP contribution in [0.2, 0.25) is 0 Å². The summed E-state index contributed by atoms with van der Waals surface area (Å²) in [6.07, 6.45) is 2.61. The van der Waals surface area contributed by atoms with Crippen molar-refractivity contribution in [1.29, 1.82) is 0 Å². The van der Waals surface area contributed by atoms with E-state index in [0.29, 0.717) is 17.8 Å². The van der Waals surface area contributed by atoms with Gasteiger partial charge in [0.25, 0.3) is 0 Å². The minimum Gasteiger partial charge on any atom is -0.399 e. The van der Waals surface area contributed by atoms with Gasteiger partial charge in [0, 0.05) is 24.5 Å². The molecule has 1 aromatic rings. The lowest BCUT2D eigenvalue weighted by Gasteiger charge is -2.15. The molecule has 0 bridgehead atoms. The molecule has 1 aliphatic rings. The third-order valence-corrected chi connectivity index (χ3v) is 2.97. The van der Waals surface area contributed by atoms with Crippen molar-refractivity contribution in [2.75, 3.05) is 24.6 Å². The van der Waals surface area contributed by atoms with E-state index in [2.05, 4.69) is 0 Å². The highest BCUT2D eigenvalue weighted by Crippen LogP contribution is 2.18. The molecule has 2 rings (SSSR count). The number of anilines is 2. The molecular weight excluding hydrogens is 216 g/mol. The number of rotatable bonds is 2. The van der Waals surface area contributed by atoms with Gasteiger partial charge in [-0.1, -0.05) is 6.07 Å². The van der Waals surface area contributed by atoms with E-state index in [-0.39, 0.29) is 12.1 Å². The van der Waals surface area contributed by atoms with Gasteiger partial charge in [0.15, 0.2) is 0 Å². The molecule has 1 saturated heterocycles. The Morgan fingerprint density at radius 3 is 2.47 bits per heavy atom. The fourth-order valence-corrected chi connectivity index (χ4v) is 2.02. The zero-order valence-corrected chi connectivity index (χ0v) is 9.98. The van der Waals surface area contributed by atoms with Crippen LogP contribution < -0.4 is 17.6 Å². The number of nitrogen functional groups attached to an aromatic ring is 2. The van der Waals surface area contributed by atoms with Gasteiger partial charge in [0.2, 0.25) is 5.91 Å². The van der Waals surface area contributed by atoms with Gasteiger partial charge in [0.1, 0.15) is 0 Å². The standard InChI is InChI=1S/C12H17N3O.H3N/c13-10-4-3-9(11(14)8-10)7-12(16)15-5-1-2-6-15;/h3-4,8H,1-2,5-7,13-14H2;1H3. The summed E-state index contributed by atoms with van der Waals surface area (Å²) < 4.78 is 0. The molecule has 1 heterocycles. The summed E-state index contributed by atoms with van der Waals surface area (Å²) in [5.74, 6) is 0.161. The first-order valence-corrected chi connectivity index (χ1v) is 5.58. The number of benzene rings is 1. The Bertz CT molecular complexity index is 399. The van der Waals surface area contributed by atoms with Crippen LogP contribution in [0.15, 0.2) is 18.2 Å². The Balaban J connectivity index is 0.00000144. The molecule has 0 unspecified atom stereocenters. The molecule has 17 heavy (non-hydrogen) atoms. The predicted molar refractivity (Wildman–Crippen MR) is 69.8 cm³/mol. The van der Waals surface area contributed by atoms with Crippen LogP contribution in [0.5, 0.6) is 0 Å². The molecule has 0 saturated carbocycles. The summed E-state index contributed by atoms with van der Waals surface area (Å²) >= 11 is 0. The first-order valence-electron chi connectivity index (χ1n) is 5.58. The van der Waals surface area contributed by atoms with Crippen LogP contribution >= 0.6 is 0 Å². The molecule has 1 aliphatic heterocycles. The summed E-state index contributed by atoms with van der Waals surface area (Å²) in [5.41, 5.74) is 13.5. The molecule has 1 aromatic carbocycles. The summed E-state index contributed by atoms with van der Waals surface area (Å²) in [6.45, 7) is 1.77. The molecule has 0 aromatic heterocycles. The van der Waals surface area contributed by atoms with Crippen LogP contribution in [0.3, 0.4) is 0 Å². The van der Waals surface area contributed by atoms with Gasteiger partial charge in [0.05, 0.1) is 6.42 Å². The number of nitrogens with zero attached hydrogens (tertiary/aromatic N) is 1. The van der Waals surface area contributed by atoms with Crippen LogP contribution in [0.4, 0.5) is 11.4 Å². The van der Waals surface area contributed by atoms with E-state index in [0.717, 1.165) is 31.5 Å². The number of hydrogen-bond donors (Lipinski definition) is 3. The lowest BCUT2D eigenvalue weighted by atomic mass is 10.1. The molecular formula is C12H20N4O. The fourth-order valence-electron chi connectivity index (χ4n) is 2.02. The zero-order chi connectivity index (χ0) is 11.5. The van der Waals surface area contributed by atoms with E-state index in [1.807, 2.05) is 11.0 Å². The molecule has 0 radical (unpaired) electrons. The number of hydrogen-bond acceptors (Lipinski definition) is 4. The van der Waals surface area contributed by atoms with Crippen LogP contribution in [0, 0.1) is 0 Å². The number of carbonyl (C=O) groups is 1. The van der Waals surface area contributed by atoms with Crippen molar-refractivity contribution in [2.45, 2.75) is 19.3 Å². The van der Waals surface area contributed by atoms with Gasteiger partial charge in [-0.2, -0.15) is 0 Å². The topological polar surface area (TPSA) is 107 Å². The summed E-state index contributed by atoms with van der Waals surface area (Å²) in [4.78, 5) is 13.8. The van der Waals surface area contributed by atoms with Crippen LogP contribution in [0.25, 0.3) is 0 Å². The second kappa shape index (κ2) is 5.54. The van der Waals surface area contributed by atoms with Crippen molar-refractivity contribution in [1.82, 2.24) is 11.1 Å². The highest BCUT2D eigenvalue weighted by atomic mass is 16.2. The summed E-state index contributed by atoms with van der Waals surface area (Å²) in [6, 6.07) is 5.31. The Hall–Kier alpha value is -1.75. The number of carbonyl (C=O) groups excluding carboxylic acids is 1. The molecule has 5 nitrogen and oxygen atoms in total. The molecule has 94 valence electrons. The second-order valence-corrected chi connectivity index (χ2v) is 4.22. The van der Waals surface area contributed by atoms with Crippen molar-refractivity contribution in [3.05, 3.63) is 23.8 Å². The molecule has 0 aliphatic carbocycles. The second-order valence-electron chi connectivity index (χ2n) is 4.22. The van der Waals surface area contributed by atoms with Gasteiger partial charge in [-0.3, -0.25) is 4.79 Å². The summed E-state index contributed by atoms with van der Waals surface area (Å²) in [5, 5.41) is 0. The zero-order valence-electron chi connectivity index (χ0n) is 9.98. The molecule has 5 heteroatoms. The van der Waals surface area contributed by atoms with Crippen LogP contribution in [0.1, 0.15) is 18.4 Å². The first kappa shape index (κ1) is 13.3. The Kier molecular flexibility index (Phi) is 4.34. The Morgan fingerprint density at radius 1 is 1.24 bits per heavy atom. The van der Waals surface area contributed by atoms with Crippen LogP contribution in [-0.4, -0.2) is 23.9 Å². The van der Waals surface area contributed by atoms with Crippen molar-refractivity contribution < 1.29 is 4.79 Å². The van der Waals surface area contributed by atoms with E-state index in [9.17, 15) is 4.79 Å². The molecule has 7 N–H and O–H groups in total. The van der Waals surface area contributed by atoms with E-state index >= 15 is 0 Å². The van der Waals surface area contributed by atoms with Crippen molar-refractivity contribution in [2.24, 2.45) is 0 Å². The van der Waals surface area contributed by atoms with Gasteiger partial charge < -0.3 is 22.5 Å². The number of likely N-dealkylation sites (tertiary alicyclic amines) is 1. The molecule has 0 atom stereocenters. The number of nitrogens with two attached hydrogens (primary N) is 2. The monoisotopic (exact) mass is 236 g/mol. The Morgan fingerprint density at radius 2 is 1.88 bits per heavy atom. The van der Waals surface area contributed by atoms with E-state index in [1.54, 1.807) is 12.1 Å². The number of amides is 1. The minimum absolute atomic E-state index is 0.